The molecule has 0 aliphatic carbocycles. The van der Waals surface area contributed by atoms with Crippen molar-refractivity contribution in [3.63, 3.8) is 0 Å². The van der Waals surface area contributed by atoms with Crippen LogP contribution in [0.2, 0.25) is 0 Å². The largest absolute Gasteiger partial charge is 0.493 e. The van der Waals surface area contributed by atoms with E-state index >= 15 is 0 Å². The maximum Gasteiger partial charge on any atom is 0.161 e. The molecular formula is C25H29NO2S. The lowest BCUT2D eigenvalue weighted by Gasteiger charge is -2.21. The molecule has 0 saturated heterocycles. The zero-order valence-corrected chi connectivity index (χ0v) is 18.6. The summed E-state index contributed by atoms with van der Waals surface area (Å²) in [5.74, 6) is 2.17. The quantitative estimate of drug-likeness (QED) is 0.389. The molecule has 3 aromatic rings. The summed E-state index contributed by atoms with van der Waals surface area (Å²) < 4.78 is 12.7. The molecule has 0 aliphatic heterocycles. The first kappa shape index (κ1) is 21.2. The number of nitriles is 1. The van der Waals surface area contributed by atoms with Crippen LogP contribution in [0.25, 0.3) is 10.1 Å². The number of rotatable bonds is 9. The molecule has 0 bridgehead atoms. The lowest BCUT2D eigenvalue weighted by molar-refractivity contribution is 0.310. The van der Waals surface area contributed by atoms with Crippen molar-refractivity contribution in [1.29, 1.82) is 5.26 Å². The molecule has 0 atom stereocenters. The molecule has 0 unspecified atom stereocenters. The van der Waals surface area contributed by atoms with Crippen LogP contribution in [0.4, 0.5) is 0 Å². The van der Waals surface area contributed by atoms with Crippen LogP contribution in [0.15, 0.2) is 36.4 Å². The van der Waals surface area contributed by atoms with Crippen molar-refractivity contribution in [3.05, 3.63) is 58.0 Å². The van der Waals surface area contributed by atoms with Crippen molar-refractivity contribution in [3.8, 4) is 17.6 Å². The van der Waals surface area contributed by atoms with Crippen molar-refractivity contribution in [2.45, 2.75) is 52.4 Å². The Bertz CT molecular complexity index is 1010. The molecular weight excluding hydrogens is 378 g/mol. The minimum Gasteiger partial charge on any atom is -0.493 e. The Hall–Kier alpha value is -2.51. The Morgan fingerprint density at radius 3 is 2.45 bits per heavy atom. The number of aryl methyl sites for hydroxylation is 2. The Morgan fingerprint density at radius 1 is 1.00 bits per heavy atom. The van der Waals surface area contributed by atoms with E-state index in [0.717, 1.165) is 48.1 Å². The highest BCUT2D eigenvalue weighted by Crippen LogP contribution is 2.37. The second-order valence-electron chi connectivity index (χ2n) is 7.23. The summed E-state index contributed by atoms with van der Waals surface area (Å²) in [6, 6.07) is 14.7. The highest BCUT2D eigenvalue weighted by molar-refractivity contribution is 7.19. The predicted octanol–water partition coefficient (Wildman–Crippen LogP) is 6.87. The molecule has 0 N–H and O–H groups in total. The van der Waals surface area contributed by atoms with Gasteiger partial charge in [0.2, 0.25) is 0 Å². The summed E-state index contributed by atoms with van der Waals surface area (Å²) in [7, 11) is 1.71. The van der Waals surface area contributed by atoms with Crippen molar-refractivity contribution in [2.24, 2.45) is 0 Å². The minimum atomic E-state index is 0.523. The molecule has 3 nitrogen and oxygen atoms in total. The zero-order valence-electron chi connectivity index (χ0n) is 17.7. The van der Waals surface area contributed by atoms with E-state index < -0.39 is 0 Å². The van der Waals surface area contributed by atoms with Gasteiger partial charge in [-0.25, -0.2) is 0 Å². The van der Waals surface area contributed by atoms with Gasteiger partial charge in [-0.1, -0.05) is 13.8 Å². The second kappa shape index (κ2) is 9.80. The van der Waals surface area contributed by atoms with Gasteiger partial charge in [0.1, 0.15) is 0 Å². The van der Waals surface area contributed by atoms with Crippen LogP contribution in [-0.2, 0) is 12.8 Å². The van der Waals surface area contributed by atoms with E-state index in [0.29, 0.717) is 12.5 Å². The highest BCUT2D eigenvalue weighted by atomic mass is 32.1. The van der Waals surface area contributed by atoms with E-state index in [-0.39, 0.29) is 0 Å². The highest BCUT2D eigenvalue weighted by Gasteiger charge is 2.17. The monoisotopic (exact) mass is 407 g/mol. The summed E-state index contributed by atoms with van der Waals surface area (Å²) in [5.41, 5.74) is 3.44. The van der Waals surface area contributed by atoms with Gasteiger partial charge in [-0.2, -0.15) is 5.26 Å². The van der Waals surface area contributed by atoms with Gasteiger partial charge in [0, 0.05) is 9.58 Å². The van der Waals surface area contributed by atoms with Crippen LogP contribution in [0.1, 0.15) is 61.1 Å². The zero-order chi connectivity index (χ0) is 20.8. The number of hydrogen-bond acceptors (Lipinski definition) is 4. The molecule has 4 heteroatoms. The molecule has 0 saturated carbocycles. The van der Waals surface area contributed by atoms with Gasteiger partial charge in [0.15, 0.2) is 11.5 Å². The standard InChI is InChI=1S/C25H29NO2S/c1-5-18(6-2)22-15-23(27-4)24(28-7-3)14-19(22)9-10-21-13-20-12-17(16-26)8-11-25(20)29-21/h8,11-15,18H,5-7,9-10H2,1-4H3. The van der Waals surface area contributed by atoms with Crippen molar-refractivity contribution in [1.82, 2.24) is 0 Å². The molecule has 2 aromatic carbocycles. The fourth-order valence-electron chi connectivity index (χ4n) is 3.92. The fourth-order valence-corrected chi connectivity index (χ4v) is 4.96. The molecule has 29 heavy (non-hydrogen) atoms. The van der Waals surface area contributed by atoms with E-state index in [1.54, 1.807) is 7.11 Å². The van der Waals surface area contributed by atoms with E-state index in [2.05, 4.69) is 44.2 Å². The summed E-state index contributed by atoms with van der Waals surface area (Å²) in [6.45, 7) is 7.12. The van der Waals surface area contributed by atoms with E-state index in [4.69, 9.17) is 14.7 Å². The number of benzene rings is 2. The Labute approximate surface area is 177 Å². The second-order valence-corrected chi connectivity index (χ2v) is 8.39. The van der Waals surface area contributed by atoms with Crippen LogP contribution >= 0.6 is 11.3 Å². The number of methoxy groups -OCH3 is 1. The first-order chi connectivity index (χ1) is 14.1. The van der Waals surface area contributed by atoms with Gasteiger partial charge in [-0.15, -0.1) is 11.3 Å². The molecule has 0 aliphatic rings. The van der Waals surface area contributed by atoms with E-state index in [1.165, 1.54) is 20.7 Å². The number of ether oxygens (including phenoxy) is 2. The summed E-state index contributed by atoms with van der Waals surface area (Å²) in [5, 5.41) is 10.3. The van der Waals surface area contributed by atoms with Crippen LogP contribution < -0.4 is 9.47 Å². The molecule has 0 spiro atoms. The maximum atomic E-state index is 9.13. The van der Waals surface area contributed by atoms with Crippen molar-refractivity contribution < 1.29 is 9.47 Å². The van der Waals surface area contributed by atoms with E-state index in [9.17, 15) is 0 Å². The van der Waals surface area contributed by atoms with Gasteiger partial charge >= 0.3 is 0 Å². The Morgan fingerprint density at radius 2 is 1.79 bits per heavy atom. The SMILES string of the molecule is CCOc1cc(CCc2cc3cc(C#N)ccc3s2)c(C(CC)CC)cc1OC. The minimum absolute atomic E-state index is 0.523. The molecule has 0 radical (unpaired) electrons. The average molecular weight is 408 g/mol. The smallest absolute Gasteiger partial charge is 0.161 e. The van der Waals surface area contributed by atoms with Gasteiger partial charge in [-0.3, -0.25) is 0 Å². The third kappa shape index (κ3) is 4.74. The van der Waals surface area contributed by atoms with E-state index in [1.807, 2.05) is 30.4 Å². The topological polar surface area (TPSA) is 42.2 Å². The lowest BCUT2D eigenvalue weighted by atomic mass is 9.88. The molecule has 0 amide bonds. The van der Waals surface area contributed by atoms with Gasteiger partial charge in [0.05, 0.1) is 25.3 Å². The first-order valence-corrected chi connectivity index (χ1v) is 11.2. The normalized spacial score (nSPS) is 11.0. The van der Waals surface area contributed by atoms with Gasteiger partial charge < -0.3 is 9.47 Å². The van der Waals surface area contributed by atoms with Crippen LogP contribution in [0.5, 0.6) is 11.5 Å². The lowest BCUT2D eigenvalue weighted by Crippen LogP contribution is -2.05. The van der Waals surface area contributed by atoms with Crippen LogP contribution in [0.3, 0.4) is 0 Å². The predicted molar refractivity (Wildman–Crippen MR) is 121 cm³/mol. The van der Waals surface area contributed by atoms with Gasteiger partial charge in [0.25, 0.3) is 0 Å². The molecule has 0 fully saturated rings. The van der Waals surface area contributed by atoms with Crippen LogP contribution in [-0.4, -0.2) is 13.7 Å². The Kier molecular flexibility index (Phi) is 7.17. The molecule has 1 heterocycles. The fraction of sp³-hybridized carbons (Fsp3) is 0.400. The van der Waals surface area contributed by atoms with Crippen molar-refractivity contribution >= 4 is 21.4 Å². The van der Waals surface area contributed by atoms with Crippen molar-refractivity contribution in [2.75, 3.05) is 13.7 Å². The maximum absolute atomic E-state index is 9.13. The average Bonchev–Trinajstić information content (AvgIpc) is 3.16. The third-order valence-electron chi connectivity index (χ3n) is 5.49. The first-order valence-electron chi connectivity index (χ1n) is 10.4. The third-order valence-corrected chi connectivity index (χ3v) is 6.66. The number of fused-ring (bicyclic) bond motifs is 1. The molecule has 152 valence electrons. The van der Waals surface area contributed by atoms with Gasteiger partial charge in [-0.05, 0) is 91.4 Å². The molecule has 3 rings (SSSR count). The van der Waals surface area contributed by atoms with Crippen LogP contribution in [0, 0.1) is 11.3 Å². The summed E-state index contributed by atoms with van der Waals surface area (Å²) in [6.07, 6.45) is 4.17. The molecule has 1 aromatic heterocycles. The summed E-state index contributed by atoms with van der Waals surface area (Å²) >= 11 is 1.82. The summed E-state index contributed by atoms with van der Waals surface area (Å²) in [4.78, 5) is 1.35. The number of nitrogens with zero attached hydrogens (tertiary/aromatic N) is 1. The Balaban J connectivity index is 1.92. The number of hydrogen-bond donors (Lipinski definition) is 0. The number of thiophene rings is 1.